The zero-order valence-corrected chi connectivity index (χ0v) is 19.5. The van der Waals surface area contributed by atoms with E-state index in [1.54, 1.807) is 30.5 Å². The van der Waals surface area contributed by atoms with Gasteiger partial charge in [-0.25, -0.2) is 4.98 Å². The lowest BCUT2D eigenvalue weighted by Gasteiger charge is -2.35. The van der Waals surface area contributed by atoms with E-state index in [4.69, 9.17) is 14.2 Å². The predicted molar refractivity (Wildman–Crippen MR) is 127 cm³/mol. The second kappa shape index (κ2) is 9.56. The van der Waals surface area contributed by atoms with Crippen LogP contribution < -0.4 is 10.2 Å². The second-order valence-electron chi connectivity index (χ2n) is 8.80. The van der Waals surface area contributed by atoms with Gasteiger partial charge in [0, 0.05) is 45.3 Å². The molecule has 8 nitrogen and oxygen atoms in total. The van der Waals surface area contributed by atoms with Gasteiger partial charge in [-0.05, 0) is 18.1 Å². The molecule has 0 radical (unpaired) electrons. The molecule has 1 aromatic carbocycles. The lowest BCUT2D eigenvalue weighted by atomic mass is 10.1. The Balaban J connectivity index is 1.47. The van der Waals surface area contributed by atoms with Crippen LogP contribution in [0, 0.1) is 0 Å². The van der Waals surface area contributed by atoms with E-state index < -0.39 is 0 Å². The third-order valence-corrected chi connectivity index (χ3v) is 6.66. The number of aromatic nitrogens is 2. The van der Waals surface area contributed by atoms with E-state index in [2.05, 4.69) is 17.1 Å². The van der Waals surface area contributed by atoms with Gasteiger partial charge in [-0.3, -0.25) is 9.59 Å². The van der Waals surface area contributed by atoms with Crippen LogP contribution in [-0.2, 0) is 28.9 Å². The van der Waals surface area contributed by atoms with Gasteiger partial charge in [0.1, 0.15) is 11.7 Å². The summed E-state index contributed by atoms with van der Waals surface area (Å²) in [5.74, 6) is 0.100. The molecule has 5 rings (SSSR count). The van der Waals surface area contributed by atoms with Crippen LogP contribution >= 0.6 is 0 Å². The standard InChI is InChI=1S/C26H29N3O5/c1-3-28-14-22(26(31)29-8-9-33-16-19(29)15-32-2)25(30)21-12-24(27-13-23(21)28)34-20-10-17-6-4-5-7-18(17)11-20/h4-7,12-14,19-20H,3,8-11,15-16H2,1-2H3/t19-/m0/s1. The monoisotopic (exact) mass is 463 g/mol. The molecule has 8 heteroatoms. The maximum Gasteiger partial charge on any atom is 0.259 e. The number of hydrogen-bond acceptors (Lipinski definition) is 6. The van der Waals surface area contributed by atoms with E-state index in [0.29, 0.717) is 49.7 Å². The molecule has 1 aliphatic heterocycles. The molecule has 1 aliphatic carbocycles. The molecule has 0 unspecified atom stereocenters. The van der Waals surface area contributed by atoms with E-state index in [0.717, 1.165) is 12.8 Å². The Kier molecular flexibility index (Phi) is 6.34. The highest BCUT2D eigenvalue weighted by molar-refractivity contribution is 5.97. The molecule has 3 heterocycles. The normalized spacial score (nSPS) is 18.3. The van der Waals surface area contributed by atoms with Crippen molar-refractivity contribution in [1.82, 2.24) is 14.5 Å². The van der Waals surface area contributed by atoms with Crippen molar-refractivity contribution in [2.45, 2.75) is 38.5 Å². The summed E-state index contributed by atoms with van der Waals surface area (Å²) in [5.41, 5.74) is 3.08. The maximum atomic E-state index is 13.5. The summed E-state index contributed by atoms with van der Waals surface area (Å²) in [5, 5.41) is 0.435. The third kappa shape index (κ3) is 4.19. The average molecular weight is 464 g/mol. The number of nitrogens with zero attached hydrogens (tertiary/aromatic N) is 3. The largest absolute Gasteiger partial charge is 0.474 e. The van der Waals surface area contributed by atoms with E-state index in [-0.39, 0.29) is 29.0 Å². The molecule has 178 valence electrons. The Morgan fingerprint density at radius 3 is 2.71 bits per heavy atom. The number of rotatable bonds is 6. The number of ether oxygens (including phenoxy) is 3. The van der Waals surface area contributed by atoms with Crippen molar-refractivity contribution >= 4 is 16.8 Å². The SMILES string of the molecule is CCn1cc(C(=O)N2CCOC[C@@H]2COC)c(=O)c2cc(OC3Cc4ccccc4C3)ncc21. The fraction of sp³-hybridized carbons (Fsp3) is 0.423. The molecule has 2 aliphatic rings. The number of pyridine rings is 2. The van der Waals surface area contributed by atoms with Gasteiger partial charge in [0.05, 0.1) is 43.0 Å². The third-order valence-electron chi connectivity index (χ3n) is 6.66. The Labute approximate surface area is 198 Å². The predicted octanol–water partition coefficient (Wildman–Crippen LogP) is 2.45. The van der Waals surface area contributed by atoms with Crippen molar-refractivity contribution in [2.24, 2.45) is 0 Å². The van der Waals surface area contributed by atoms with Crippen molar-refractivity contribution in [2.75, 3.05) is 33.5 Å². The van der Waals surface area contributed by atoms with Crippen LogP contribution in [0.4, 0.5) is 0 Å². The smallest absolute Gasteiger partial charge is 0.259 e. The van der Waals surface area contributed by atoms with Crippen LogP contribution in [-0.4, -0.2) is 66.0 Å². The van der Waals surface area contributed by atoms with Crippen molar-refractivity contribution in [3.05, 3.63) is 69.6 Å². The van der Waals surface area contributed by atoms with Crippen molar-refractivity contribution in [3.63, 3.8) is 0 Å². The number of carbonyl (C=O) groups is 1. The molecule has 1 saturated heterocycles. The number of hydrogen-bond donors (Lipinski definition) is 0. The first-order chi connectivity index (χ1) is 16.6. The highest BCUT2D eigenvalue weighted by atomic mass is 16.5. The Morgan fingerprint density at radius 2 is 2.00 bits per heavy atom. The summed E-state index contributed by atoms with van der Waals surface area (Å²) >= 11 is 0. The zero-order chi connectivity index (χ0) is 23.7. The highest BCUT2D eigenvalue weighted by Gasteiger charge is 2.30. The minimum absolute atomic E-state index is 0.0243. The van der Waals surface area contributed by atoms with Gasteiger partial charge in [0.15, 0.2) is 0 Å². The number of methoxy groups -OCH3 is 1. The Morgan fingerprint density at radius 1 is 1.24 bits per heavy atom. The van der Waals surface area contributed by atoms with Gasteiger partial charge in [0.25, 0.3) is 5.91 Å². The fourth-order valence-electron chi connectivity index (χ4n) is 4.93. The Hall–Kier alpha value is -3.23. The van der Waals surface area contributed by atoms with Gasteiger partial charge in [-0.15, -0.1) is 0 Å². The minimum atomic E-state index is -0.311. The van der Waals surface area contributed by atoms with E-state index in [1.165, 1.54) is 11.1 Å². The average Bonchev–Trinajstić information content (AvgIpc) is 3.27. The summed E-state index contributed by atoms with van der Waals surface area (Å²) in [6.07, 6.45) is 4.90. The number of morpholine rings is 1. The molecule has 0 spiro atoms. The van der Waals surface area contributed by atoms with Crippen LogP contribution in [0.15, 0.2) is 47.5 Å². The van der Waals surface area contributed by atoms with Crippen LogP contribution in [0.3, 0.4) is 0 Å². The Bertz CT molecular complexity index is 1240. The van der Waals surface area contributed by atoms with E-state index >= 15 is 0 Å². The number of benzene rings is 1. The fourth-order valence-corrected chi connectivity index (χ4v) is 4.93. The minimum Gasteiger partial charge on any atom is -0.474 e. The second-order valence-corrected chi connectivity index (χ2v) is 8.80. The number of fused-ring (bicyclic) bond motifs is 2. The van der Waals surface area contributed by atoms with Crippen molar-refractivity contribution in [1.29, 1.82) is 0 Å². The molecule has 2 aromatic heterocycles. The molecule has 34 heavy (non-hydrogen) atoms. The maximum absolute atomic E-state index is 13.5. The molecule has 0 N–H and O–H groups in total. The summed E-state index contributed by atoms with van der Waals surface area (Å²) < 4.78 is 18.8. The lowest BCUT2D eigenvalue weighted by molar-refractivity contribution is -0.0252. The summed E-state index contributed by atoms with van der Waals surface area (Å²) in [6.45, 7) is 4.17. The van der Waals surface area contributed by atoms with Crippen LogP contribution in [0.25, 0.3) is 10.9 Å². The van der Waals surface area contributed by atoms with E-state index in [1.807, 2.05) is 23.6 Å². The molecule has 1 fully saturated rings. The number of aryl methyl sites for hydroxylation is 1. The van der Waals surface area contributed by atoms with Crippen molar-refractivity contribution < 1.29 is 19.0 Å². The summed E-state index contributed by atoms with van der Waals surface area (Å²) in [4.78, 5) is 33.1. The van der Waals surface area contributed by atoms with Gasteiger partial charge < -0.3 is 23.7 Å². The van der Waals surface area contributed by atoms with Crippen LogP contribution in [0.5, 0.6) is 5.88 Å². The first-order valence-electron chi connectivity index (χ1n) is 11.7. The molecular weight excluding hydrogens is 434 g/mol. The van der Waals surface area contributed by atoms with Gasteiger partial charge in [-0.2, -0.15) is 0 Å². The number of carbonyl (C=O) groups excluding carboxylic acids is 1. The molecule has 1 amide bonds. The van der Waals surface area contributed by atoms with Gasteiger partial charge in [-0.1, -0.05) is 24.3 Å². The van der Waals surface area contributed by atoms with Gasteiger partial charge >= 0.3 is 0 Å². The first kappa shape index (κ1) is 22.6. The van der Waals surface area contributed by atoms with Crippen LogP contribution in [0.1, 0.15) is 28.4 Å². The molecule has 0 bridgehead atoms. The van der Waals surface area contributed by atoms with E-state index in [9.17, 15) is 9.59 Å². The van der Waals surface area contributed by atoms with Gasteiger partial charge in [0.2, 0.25) is 11.3 Å². The first-order valence-corrected chi connectivity index (χ1v) is 11.7. The molecular formula is C26H29N3O5. The summed E-state index contributed by atoms with van der Waals surface area (Å²) in [6, 6.07) is 9.76. The lowest BCUT2D eigenvalue weighted by Crippen LogP contribution is -2.51. The topological polar surface area (TPSA) is 82.9 Å². The van der Waals surface area contributed by atoms with Crippen LogP contribution in [0.2, 0.25) is 0 Å². The molecule has 0 saturated carbocycles. The number of amides is 1. The quantitative estimate of drug-likeness (QED) is 0.559. The zero-order valence-electron chi connectivity index (χ0n) is 19.5. The van der Waals surface area contributed by atoms with Crippen molar-refractivity contribution in [3.8, 4) is 5.88 Å². The molecule has 1 atom stereocenters. The highest BCUT2D eigenvalue weighted by Crippen LogP contribution is 2.26. The summed E-state index contributed by atoms with van der Waals surface area (Å²) in [7, 11) is 1.59. The molecule has 3 aromatic rings.